The summed E-state index contributed by atoms with van der Waals surface area (Å²) in [5.74, 6) is 0. The van der Waals surface area contributed by atoms with E-state index >= 15 is 0 Å². The molecule has 1 rings (SSSR count). The van der Waals surface area contributed by atoms with Gasteiger partial charge in [-0.25, -0.2) is 9.80 Å². The maximum absolute atomic E-state index is 9.65. The number of isocyanates is 1. The molecular formula is C5H5N3O. The molecule has 0 aliphatic carbocycles. The first-order chi connectivity index (χ1) is 4.43. The third kappa shape index (κ3) is 1.51. The van der Waals surface area contributed by atoms with E-state index < -0.39 is 0 Å². The molecule has 0 amide bonds. The quantitative estimate of drug-likeness (QED) is 0.366. The minimum Gasteiger partial charge on any atom is -0.270 e. The summed E-state index contributed by atoms with van der Waals surface area (Å²) in [5, 5.41) is 4.71. The zero-order valence-corrected chi connectivity index (χ0v) is 4.69. The summed E-state index contributed by atoms with van der Waals surface area (Å²) in [5.41, 5.74) is 0. The van der Waals surface area contributed by atoms with Gasteiger partial charge < -0.3 is 0 Å². The highest BCUT2D eigenvalue weighted by molar-refractivity contribution is 5.71. The van der Waals surface area contributed by atoms with Crippen molar-refractivity contribution < 1.29 is 4.79 Å². The largest absolute Gasteiger partial charge is 0.270 e. The van der Waals surface area contributed by atoms with Crippen LogP contribution in [-0.4, -0.2) is 24.0 Å². The van der Waals surface area contributed by atoms with Crippen molar-refractivity contribution in [2.75, 3.05) is 6.67 Å². The van der Waals surface area contributed by atoms with Crippen molar-refractivity contribution in [3.8, 4) is 0 Å². The minimum atomic E-state index is 0.408. The van der Waals surface area contributed by atoms with Crippen molar-refractivity contribution in [1.82, 2.24) is 5.01 Å². The van der Waals surface area contributed by atoms with Crippen molar-refractivity contribution in [2.24, 2.45) is 10.1 Å². The Labute approximate surface area is 52.2 Å². The molecule has 1 aliphatic heterocycles. The Balaban J connectivity index is 2.55. The van der Waals surface area contributed by atoms with Gasteiger partial charge in [-0.05, 0) is 6.08 Å². The van der Waals surface area contributed by atoms with E-state index in [9.17, 15) is 4.79 Å². The summed E-state index contributed by atoms with van der Waals surface area (Å²) in [4.78, 5) is 13.5. The van der Waals surface area contributed by atoms with E-state index in [0.717, 1.165) is 0 Å². The predicted octanol–water partition coefficient (Wildman–Crippen LogP) is 0.0948. The second-order valence-electron chi connectivity index (χ2n) is 1.45. The first-order valence-corrected chi connectivity index (χ1v) is 2.44. The van der Waals surface area contributed by atoms with Crippen LogP contribution in [0.1, 0.15) is 0 Å². The molecule has 1 heterocycles. The van der Waals surface area contributed by atoms with E-state index in [1.54, 1.807) is 18.5 Å². The van der Waals surface area contributed by atoms with Crippen LogP contribution in [-0.2, 0) is 4.79 Å². The molecular weight excluding hydrogens is 118 g/mol. The maximum atomic E-state index is 9.65. The van der Waals surface area contributed by atoms with Gasteiger partial charge in [-0.15, -0.1) is 0 Å². The smallest absolute Gasteiger partial charge is 0.258 e. The van der Waals surface area contributed by atoms with Crippen molar-refractivity contribution in [3.63, 3.8) is 0 Å². The lowest BCUT2D eigenvalue weighted by atomic mass is 10.6. The molecule has 0 saturated carbocycles. The normalized spacial score (nSPS) is 15.3. The van der Waals surface area contributed by atoms with Crippen LogP contribution in [0.2, 0.25) is 0 Å². The number of hydrazone groups is 1. The topological polar surface area (TPSA) is 45.0 Å². The molecule has 0 unspecified atom stereocenters. The number of hydrogen-bond donors (Lipinski definition) is 0. The Morgan fingerprint density at radius 3 is 3.22 bits per heavy atom. The highest BCUT2D eigenvalue weighted by atomic mass is 16.1. The van der Waals surface area contributed by atoms with E-state index in [1.165, 1.54) is 11.1 Å². The molecule has 46 valence electrons. The van der Waals surface area contributed by atoms with Crippen LogP contribution in [0, 0.1) is 0 Å². The first-order valence-electron chi connectivity index (χ1n) is 2.44. The zero-order chi connectivity index (χ0) is 6.53. The van der Waals surface area contributed by atoms with Crippen LogP contribution >= 0.6 is 0 Å². The van der Waals surface area contributed by atoms with Gasteiger partial charge in [0, 0.05) is 12.4 Å². The molecule has 4 heteroatoms. The monoisotopic (exact) mass is 123 g/mol. The van der Waals surface area contributed by atoms with E-state index in [-0.39, 0.29) is 0 Å². The second-order valence-corrected chi connectivity index (χ2v) is 1.45. The molecule has 0 spiro atoms. The molecule has 0 N–H and O–H groups in total. The van der Waals surface area contributed by atoms with Crippen LogP contribution in [0.3, 0.4) is 0 Å². The molecule has 9 heavy (non-hydrogen) atoms. The third-order valence-electron chi connectivity index (χ3n) is 0.845. The fraction of sp³-hybridized carbons (Fsp3) is 0.200. The lowest BCUT2D eigenvalue weighted by molar-refractivity contribution is 0.404. The summed E-state index contributed by atoms with van der Waals surface area (Å²) in [7, 11) is 0. The fourth-order valence-corrected chi connectivity index (χ4v) is 0.494. The predicted molar refractivity (Wildman–Crippen MR) is 32.5 cm³/mol. The van der Waals surface area contributed by atoms with Gasteiger partial charge in [0.15, 0.2) is 0 Å². The highest BCUT2D eigenvalue weighted by Crippen LogP contribution is 1.93. The van der Waals surface area contributed by atoms with Gasteiger partial charge in [-0.3, -0.25) is 4.99 Å². The SMILES string of the molecule is O=C=NN1C=CC=NC1. The fourth-order valence-electron chi connectivity index (χ4n) is 0.494. The third-order valence-corrected chi connectivity index (χ3v) is 0.845. The molecule has 0 bridgehead atoms. The number of hydrogen-bond acceptors (Lipinski definition) is 4. The van der Waals surface area contributed by atoms with Crippen LogP contribution < -0.4 is 0 Å². The summed E-state index contributed by atoms with van der Waals surface area (Å²) in [6.45, 7) is 0.408. The van der Waals surface area contributed by atoms with Crippen molar-refractivity contribution in [3.05, 3.63) is 12.3 Å². The summed E-state index contributed by atoms with van der Waals surface area (Å²) >= 11 is 0. The van der Waals surface area contributed by atoms with Crippen molar-refractivity contribution in [2.45, 2.75) is 0 Å². The zero-order valence-electron chi connectivity index (χ0n) is 4.69. The molecule has 0 aromatic carbocycles. The summed E-state index contributed by atoms with van der Waals surface area (Å²) < 4.78 is 0. The first kappa shape index (κ1) is 5.72. The molecule has 0 saturated heterocycles. The molecule has 0 atom stereocenters. The van der Waals surface area contributed by atoms with Gasteiger partial charge in [0.1, 0.15) is 6.67 Å². The number of rotatable bonds is 1. The summed E-state index contributed by atoms with van der Waals surface area (Å²) in [6, 6.07) is 0. The number of aliphatic imine (C=N–C) groups is 1. The summed E-state index contributed by atoms with van der Waals surface area (Å²) in [6.07, 6.45) is 6.41. The molecule has 0 aromatic rings. The van der Waals surface area contributed by atoms with Crippen LogP contribution in [0.5, 0.6) is 0 Å². The number of carbonyl (C=O) groups excluding carboxylic acids is 1. The number of allylic oxidation sites excluding steroid dienone is 1. The standard InChI is InChI=1S/C5H5N3O/c9-5-7-8-3-1-2-6-4-8/h1-3H,4H2. The Bertz CT molecular complexity index is 190. The van der Waals surface area contributed by atoms with Gasteiger partial charge in [-0.1, -0.05) is 5.10 Å². The van der Waals surface area contributed by atoms with Gasteiger partial charge in [0.05, 0.1) is 0 Å². The Hall–Kier alpha value is -1.41. The van der Waals surface area contributed by atoms with Crippen molar-refractivity contribution in [1.29, 1.82) is 0 Å². The lowest BCUT2D eigenvalue weighted by Crippen LogP contribution is -2.11. The molecule has 0 radical (unpaired) electrons. The van der Waals surface area contributed by atoms with E-state index in [1.807, 2.05) is 0 Å². The second kappa shape index (κ2) is 2.79. The average molecular weight is 123 g/mol. The Morgan fingerprint density at radius 2 is 2.67 bits per heavy atom. The van der Waals surface area contributed by atoms with Crippen LogP contribution in [0.4, 0.5) is 0 Å². The molecule has 0 aromatic heterocycles. The average Bonchev–Trinajstić information content (AvgIpc) is 1.91. The van der Waals surface area contributed by atoms with Crippen molar-refractivity contribution >= 4 is 12.3 Å². The van der Waals surface area contributed by atoms with Gasteiger partial charge >= 0.3 is 0 Å². The molecule has 4 nitrogen and oxygen atoms in total. The van der Waals surface area contributed by atoms with E-state index in [4.69, 9.17) is 0 Å². The van der Waals surface area contributed by atoms with Gasteiger partial charge in [-0.2, -0.15) is 0 Å². The Kier molecular flexibility index (Phi) is 1.77. The van der Waals surface area contributed by atoms with E-state index in [0.29, 0.717) is 6.67 Å². The molecule has 1 aliphatic rings. The van der Waals surface area contributed by atoms with E-state index in [2.05, 4.69) is 10.1 Å². The minimum absolute atomic E-state index is 0.408. The van der Waals surface area contributed by atoms with Gasteiger partial charge in [0.2, 0.25) is 0 Å². The highest BCUT2D eigenvalue weighted by Gasteiger charge is 1.93. The Morgan fingerprint density at radius 1 is 1.78 bits per heavy atom. The number of nitrogens with zero attached hydrogens (tertiary/aromatic N) is 3. The molecule has 0 fully saturated rings. The van der Waals surface area contributed by atoms with Crippen LogP contribution in [0.15, 0.2) is 22.4 Å². The maximum Gasteiger partial charge on any atom is 0.258 e. The van der Waals surface area contributed by atoms with Gasteiger partial charge in [0.25, 0.3) is 6.08 Å². The van der Waals surface area contributed by atoms with Crippen LogP contribution in [0.25, 0.3) is 0 Å². The lowest BCUT2D eigenvalue weighted by Gasteiger charge is -2.09.